The Morgan fingerprint density at radius 1 is 0.820 bits per heavy atom. The topological polar surface area (TPSA) is 192 Å². The van der Waals surface area contributed by atoms with Crippen LogP contribution in [-0.4, -0.2) is 81.4 Å². The number of hydrogen-bond acceptors (Lipinski definition) is 9. The first kappa shape index (κ1) is 47.3. The van der Waals surface area contributed by atoms with Crippen molar-refractivity contribution in [2.24, 2.45) is 5.92 Å². The van der Waals surface area contributed by atoms with Gasteiger partial charge in [-0.05, 0) is 42.2 Å². The Bertz CT molecular complexity index is 2250. The Balaban J connectivity index is 1.62. The van der Waals surface area contributed by atoms with E-state index in [1.807, 2.05) is 48.5 Å². The van der Waals surface area contributed by atoms with E-state index in [0.29, 0.717) is 6.07 Å². The highest BCUT2D eigenvalue weighted by molar-refractivity contribution is 7.92. The maximum Gasteiger partial charge on any atom is 0.261 e. The fraction of sp³-hybridized carbons (Fsp3) is 0.318. The molecule has 4 aromatic carbocycles. The normalized spacial score (nSPS) is 13.7. The quantitative estimate of drug-likeness (QED) is 0.0735. The largest absolute Gasteiger partial charge is 0.491 e. The summed E-state index contributed by atoms with van der Waals surface area (Å²) in [6.07, 6.45) is -1.78. The van der Waals surface area contributed by atoms with Gasteiger partial charge in [-0.25, -0.2) is 17.2 Å². The van der Waals surface area contributed by atoms with Crippen LogP contribution in [0.15, 0.2) is 110 Å². The Kier molecular flexibility index (Phi) is 16.9. The van der Waals surface area contributed by atoms with Gasteiger partial charge >= 0.3 is 0 Å². The van der Waals surface area contributed by atoms with Gasteiger partial charge in [0.1, 0.15) is 30.0 Å². The molecule has 0 fully saturated rings. The van der Waals surface area contributed by atoms with Gasteiger partial charge in [-0.3, -0.25) is 23.5 Å². The summed E-state index contributed by atoms with van der Waals surface area (Å²) >= 11 is 0. The number of aliphatic hydroxyl groups excluding tert-OH is 1. The molecule has 326 valence electrons. The standard InChI is InChI=1S/C44H51F2N5O9S/c1-7-59-39(43(55)50-40(27(2)3)44(56)47-25-29-14-10-8-11-15-29)24-38(52)37(26-60-36-22-33(45)21-34(46)23-36)49-42(54)32-18-31(19-35(20-32)51(5)61(6,57)58)41(53)48-28(4)30-16-12-9-13-17-30/h7-23,27-28,37-40,52H,1,24-26H2,2-6H3,(H,47,56)(H,48,53)(H,49,54)(H,50,55)/t28-,37+,38+,39-,40+/m1/s1. The number of nitrogens with one attached hydrogen (secondary N) is 4. The van der Waals surface area contributed by atoms with Gasteiger partial charge in [0.25, 0.3) is 17.7 Å². The van der Waals surface area contributed by atoms with Crippen molar-refractivity contribution in [2.75, 3.05) is 24.2 Å². The summed E-state index contributed by atoms with van der Waals surface area (Å²) in [6.45, 7) is 8.31. The number of hydrogen-bond donors (Lipinski definition) is 5. The molecule has 4 amide bonds. The molecule has 4 aromatic rings. The van der Waals surface area contributed by atoms with Crippen LogP contribution in [0.5, 0.6) is 5.75 Å². The van der Waals surface area contributed by atoms with E-state index in [0.717, 1.165) is 40.1 Å². The predicted molar refractivity (Wildman–Crippen MR) is 226 cm³/mol. The van der Waals surface area contributed by atoms with Gasteiger partial charge < -0.3 is 35.8 Å². The van der Waals surface area contributed by atoms with E-state index in [-0.39, 0.29) is 35.0 Å². The molecule has 0 aliphatic carbocycles. The van der Waals surface area contributed by atoms with E-state index >= 15 is 0 Å². The van der Waals surface area contributed by atoms with Crippen LogP contribution in [0, 0.1) is 17.6 Å². The van der Waals surface area contributed by atoms with Crippen LogP contribution in [-0.2, 0) is 30.9 Å². The number of nitrogens with zero attached hydrogens (tertiary/aromatic N) is 1. The van der Waals surface area contributed by atoms with Crippen molar-refractivity contribution in [3.8, 4) is 5.75 Å². The average molecular weight is 864 g/mol. The zero-order valence-electron chi connectivity index (χ0n) is 34.4. The highest BCUT2D eigenvalue weighted by Crippen LogP contribution is 2.23. The van der Waals surface area contributed by atoms with Crippen molar-refractivity contribution >= 4 is 39.3 Å². The van der Waals surface area contributed by atoms with Gasteiger partial charge in [0.05, 0.1) is 36.4 Å². The van der Waals surface area contributed by atoms with Crippen molar-refractivity contribution in [3.05, 3.63) is 144 Å². The van der Waals surface area contributed by atoms with Crippen LogP contribution in [0.4, 0.5) is 14.5 Å². The van der Waals surface area contributed by atoms with E-state index in [1.54, 1.807) is 32.9 Å². The highest BCUT2D eigenvalue weighted by Gasteiger charge is 2.33. The summed E-state index contributed by atoms with van der Waals surface area (Å²) in [5, 5.41) is 22.5. The molecular formula is C44H51F2N5O9S. The lowest BCUT2D eigenvalue weighted by molar-refractivity contribution is -0.136. The van der Waals surface area contributed by atoms with Crippen LogP contribution >= 0.6 is 0 Å². The Morgan fingerprint density at radius 2 is 1.39 bits per heavy atom. The smallest absolute Gasteiger partial charge is 0.261 e. The SMILES string of the molecule is C=CO[C@H](C[C@H](O)[C@H](COc1cc(F)cc(F)c1)NC(=O)c1cc(C(=O)N[C@H](C)c2ccccc2)cc(N(C)S(C)(=O)=O)c1)C(=O)N[C@H](C(=O)NCc1ccccc1)C(C)C. The first-order chi connectivity index (χ1) is 28.9. The summed E-state index contributed by atoms with van der Waals surface area (Å²) in [6, 6.07) is 21.4. The molecular weight excluding hydrogens is 813 g/mol. The Hall–Kier alpha value is -6.33. The zero-order chi connectivity index (χ0) is 44.9. The molecule has 61 heavy (non-hydrogen) atoms. The van der Waals surface area contributed by atoms with E-state index in [2.05, 4.69) is 27.8 Å². The van der Waals surface area contributed by atoms with Crippen LogP contribution in [0.1, 0.15) is 65.1 Å². The van der Waals surface area contributed by atoms with E-state index in [1.165, 1.54) is 25.2 Å². The number of rotatable bonds is 21. The molecule has 0 aromatic heterocycles. The van der Waals surface area contributed by atoms with Crippen LogP contribution in [0.3, 0.4) is 0 Å². The number of amides is 4. The molecule has 0 saturated carbocycles. The first-order valence-corrected chi connectivity index (χ1v) is 21.1. The lowest BCUT2D eigenvalue weighted by Crippen LogP contribution is -2.54. The van der Waals surface area contributed by atoms with Crippen molar-refractivity contribution in [1.29, 1.82) is 0 Å². The number of aliphatic hydroxyl groups is 1. The van der Waals surface area contributed by atoms with Crippen molar-refractivity contribution < 1.29 is 51.0 Å². The molecule has 5 atom stereocenters. The minimum absolute atomic E-state index is 0.0418. The lowest BCUT2D eigenvalue weighted by atomic mass is 10.0. The van der Waals surface area contributed by atoms with Crippen LogP contribution in [0.2, 0.25) is 0 Å². The third kappa shape index (κ3) is 14.1. The maximum atomic E-state index is 14.1. The third-order valence-corrected chi connectivity index (χ3v) is 10.8. The number of anilines is 1. The zero-order valence-corrected chi connectivity index (χ0v) is 35.2. The van der Waals surface area contributed by atoms with Crippen LogP contribution < -0.4 is 30.3 Å². The molecule has 0 spiro atoms. The van der Waals surface area contributed by atoms with Crippen molar-refractivity contribution in [3.63, 3.8) is 0 Å². The summed E-state index contributed by atoms with van der Waals surface area (Å²) in [4.78, 5) is 54.5. The van der Waals surface area contributed by atoms with Gasteiger partial charge in [-0.1, -0.05) is 81.1 Å². The molecule has 0 saturated heterocycles. The number of ether oxygens (including phenoxy) is 2. The van der Waals surface area contributed by atoms with Gasteiger partial charge in [-0.2, -0.15) is 0 Å². The number of carbonyl (C=O) groups is 4. The van der Waals surface area contributed by atoms with E-state index in [4.69, 9.17) is 9.47 Å². The fourth-order valence-corrected chi connectivity index (χ4v) is 6.54. The van der Waals surface area contributed by atoms with Gasteiger partial charge in [0.15, 0.2) is 6.10 Å². The molecule has 4 rings (SSSR count). The second-order valence-electron chi connectivity index (χ2n) is 14.6. The molecule has 0 unspecified atom stereocenters. The molecule has 0 radical (unpaired) electrons. The molecule has 0 heterocycles. The molecule has 0 aliphatic heterocycles. The Morgan fingerprint density at radius 3 is 1.95 bits per heavy atom. The molecule has 0 bridgehead atoms. The van der Waals surface area contributed by atoms with Gasteiger partial charge in [0, 0.05) is 49.3 Å². The summed E-state index contributed by atoms with van der Waals surface area (Å²) in [7, 11) is -2.65. The first-order valence-electron chi connectivity index (χ1n) is 19.3. The number of carbonyl (C=O) groups excluding carboxylic acids is 4. The maximum absolute atomic E-state index is 14.1. The summed E-state index contributed by atoms with van der Waals surface area (Å²) in [5.41, 5.74) is 1.29. The van der Waals surface area contributed by atoms with Crippen molar-refractivity contribution in [2.45, 2.75) is 64.1 Å². The van der Waals surface area contributed by atoms with Crippen LogP contribution in [0.25, 0.3) is 0 Å². The summed E-state index contributed by atoms with van der Waals surface area (Å²) in [5.74, 6) is -5.42. The highest BCUT2D eigenvalue weighted by atomic mass is 32.2. The molecule has 14 nitrogen and oxygen atoms in total. The number of benzene rings is 4. The Labute approximate surface area is 354 Å². The minimum atomic E-state index is -3.89. The van der Waals surface area contributed by atoms with Gasteiger partial charge in [-0.15, -0.1) is 0 Å². The summed E-state index contributed by atoms with van der Waals surface area (Å²) < 4.78 is 65.3. The van der Waals surface area contributed by atoms with Gasteiger partial charge in [0.2, 0.25) is 15.9 Å². The number of sulfonamides is 1. The molecule has 0 aliphatic rings. The average Bonchev–Trinajstić information content (AvgIpc) is 3.22. The second-order valence-corrected chi connectivity index (χ2v) is 16.6. The lowest BCUT2D eigenvalue weighted by Gasteiger charge is -2.29. The minimum Gasteiger partial charge on any atom is -0.491 e. The number of halogens is 2. The third-order valence-electron chi connectivity index (χ3n) is 9.56. The van der Waals surface area contributed by atoms with E-state index < -0.39 is 88.6 Å². The van der Waals surface area contributed by atoms with Crippen molar-refractivity contribution in [1.82, 2.24) is 21.3 Å². The fourth-order valence-electron chi connectivity index (χ4n) is 6.05. The molecule has 17 heteroatoms. The predicted octanol–water partition coefficient (Wildman–Crippen LogP) is 4.77. The monoisotopic (exact) mass is 863 g/mol. The van der Waals surface area contributed by atoms with E-state index in [9.17, 15) is 41.5 Å². The molecule has 5 N–H and O–H groups in total. The second kappa shape index (κ2) is 21.8.